The zero-order chi connectivity index (χ0) is 15.4. The molecule has 3 aromatic rings. The lowest BCUT2D eigenvalue weighted by atomic mass is 10.1. The SMILES string of the molecule is CCOc1ccccc1/C=C(/C#N)c1nc2ccccc2s1. The van der Waals surface area contributed by atoms with Gasteiger partial charge in [0.1, 0.15) is 16.8 Å². The summed E-state index contributed by atoms with van der Waals surface area (Å²) in [5.74, 6) is 0.777. The average Bonchev–Trinajstić information content (AvgIpc) is 2.98. The van der Waals surface area contributed by atoms with Crippen molar-refractivity contribution < 1.29 is 4.74 Å². The van der Waals surface area contributed by atoms with Crippen LogP contribution in [0.4, 0.5) is 0 Å². The maximum absolute atomic E-state index is 9.49. The number of allylic oxidation sites excluding steroid dienone is 1. The van der Waals surface area contributed by atoms with Crippen LogP contribution < -0.4 is 4.74 Å². The van der Waals surface area contributed by atoms with Gasteiger partial charge < -0.3 is 4.74 Å². The fourth-order valence-corrected chi connectivity index (χ4v) is 3.10. The van der Waals surface area contributed by atoms with E-state index < -0.39 is 0 Å². The third kappa shape index (κ3) is 2.85. The van der Waals surface area contributed by atoms with Gasteiger partial charge in [0.15, 0.2) is 0 Å². The van der Waals surface area contributed by atoms with Gasteiger partial charge in [0.2, 0.25) is 0 Å². The van der Waals surface area contributed by atoms with Crippen molar-refractivity contribution >= 4 is 33.2 Å². The van der Waals surface area contributed by atoms with Crippen LogP contribution in [0.5, 0.6) is 5.75 Å². The second-order valence-corrected chi connectivity index (χ2v) is 5.66. The predicted molar refractivity (Wildman–Crippen MR) is 90.7 cm³/mol. The molecule has 0 bridgehead atoms. The largest absolute Gasteiger partial charge is 0.493 e. The molecule has 0 spiro atoms. The van der Waals surface area contributed by atoms with Gasteiger partial charge in [-0.25, -0.2) is 4.98 Å². The number of thiazole rings is 1. The van der Waals surface area contributed by atoms with Crippen LogP contribution in [0, 0.1) is 11.3 Å². The van der Waals surface area contributed by atoms with E-state index in [0.717, 1.165) is 26.5 Å². The summed E-state index contributed by atoms with van der Waals surface area (Å²) in [6.45, 7) is 2.53. The average molecular weight is 306 g/mol. The zero-order valence-corrected chi connectivity index (χ0v) is 12.9. The Morgan fingerprint density at radius 2 is 2.00 bits per heavy atom. The van der Waals surface area contributed by atoms with Crippen LogP contribution in [0.25, 0.3) is 21.9 Å². The number of rotatable bonds is 4. The maximum Gasteiger partial charge on any atom is 0.135 e. The number of ether oxygens (including phenoxy) is 1. The number of nitrogens with zero attached hydrogens (tertiary/aromatic N) is 2. The molecule has 0 N–H and O–H groups in total. The summed E-state index contributed by atoms with van der Waals surface area (Å²) in [5, 5.41) is 10.2. The van der Waals surface area contributed by atoms with Crippen molar-refractivity contribution in [3.05, 3.63) is 59.1 Å². The first kappa shape index (κ1) is 14.3. The Hall–Kier alpha value is -2.64. The summed E-state index contributed by atoms with van der Waals surface area (Å²) >= 11 is 1.53. The molecule has 22 heavy (non-hydrogen) atoms. The minimum atomic E-state index is 0.549. The zero-order valence-electron chi connectivity index (χ0n) is 12.1. The summed E-state index contributed by atoms with van der Waals surface area (Å²) in [4.78, 5) is 4.54. The van der Waals surface area contributed by atoms with Crippen molar-refractivity contribution in [1.29, 1.82) is 5.26 Å². The molecule has 108 valence electrons. The van der Waals surface area contributed by atoms with Gasteiger partial charge in [-0.3, -0.25) is 0 Å². The lowest BCUT2D eigenvalue weighted by Crippen LogP contribution is -1.93. The van der Waals surface area contributed by atoms with Crippen molar-refractivity contribution in [3.63, 3.8) is 0 Å². The monoisotopic (exact) mass is 306 g/mol. The summed E-state index contributed by atoms with van der Waals surface area (Å²) in [5.41, 5.74) is 2.36. The molecule has 0 aliphatic rings. The highest BCUT2D eigenvalue weighted by Crippen LogP contribution is 2.29. The van der Waals surface area contributed by atoms with E-state index in [2.05, 4.69) is 11.1 Å². The van der Waals surface area contributed by atoms with Crippen molar-refractivity contribution in [2.45, 2.75) is 6.92 Å². The lowest BCUT2D eigenvalue weighted by Gasteiger charge is -2.06. The van der Waals surface area contributed by atoms with Crippen LogP contribution >= 0.6 is 11.3 Å². The van der Waals surface area contributed by atoms with Crippen LogP contribution in [0.15, 0.2) is 48.5 Å². The van der Waals surface area contributed by atoms with Gasteiger partial charge in [0, 0.05) is 5.56 Å². The molecule has 0 atom stereocenters. The molecule has 0 aliphatic heterocycles. The van der Waals surface area contributed by atoms with Crippen molar-refractivity contribution in [2.75, 3.05) is 6.61 Å². The first-order valence-corrected chi connectivity index (χ1v) is 7.83. The van der Waals surface area contributed by atoms with E-state index in [9.17, 15) is 5.26 Å². The third-order valence-electron chi connectivity index (χ3n) is 3.16. The Kier molecular flexibility index (Phi) is 4.17. The first-order chi connectivity index (χ1) is 10.8. The number of fused-ring (bicyclic) bond motifs is 1. The van der Waals surface area contributed by atoms with Crippen molar-refractivity contribution in [2.24, 2.45) is 0 Å². The van der Waals surface area contributed by atoms with Gasteiger partial charge in [0.05, 0.1) is 22.4 Å². The molecule has 0 saturated heterocycles. The highest BCUT2D eigenvalue weighted by Gasteiger charge is 2.10. The van der Waals surface area contributed by atoms with Crippen molar-refractivity contribution in [3.8, 4) is 11.8 Å². The third-order valence-corrected chi connectivity index (χ3v) is 4.23. The second-order valence-electron chi connectivity index (χ2n) is 4.63. The standard InChI is InChI=1S/C18H14N2OS/c1-2-21-16-9-5-3-7-13(16)11-14(12-19)18-20-15-8-4-6-10-17(15)22-18/h3-11H,2H2,1H3/b14-11-. The summed E-state index contributed by atoms with van der Waals surface area (Å²) in [7, 11) is 0. The van der Waals surface area contributed by atoms with E-state index in [4.69, 9.17) is 4.74 Å². The van der Waals surface area contributed by atoms with E-state index in [0.29, 0.717) is 12.2 Å². The first-order valence-electron chi connectivity index (χ1n) is 7.01. The Morgan fingerprint density at radius 3 is 2.77 bits per heavy atom. The van der Waals surface area contributed by atoms with Crippen LogP contribution in [0.2, 0.25) is 0 Å². The van der Waals surface area contributed by atoms with Crippen LogP contribution in [0.1, 0.15) is 17.5 Å². The van der Waals surface area contributed by atoms with Crippen LogP contribution in [-0.4, -0.2) is 11.6 Å². The molecular weight excluding hydrogens is 292 g/mol. The van der Waals surface area contributed by atoms with Crippen LogP contribution in [-0.2, 0) is 0 Å². The number of nitriles is 1. The van der Waals surface area contributed by atoms with Gasteiger partial charge in [-0.15, -0.1) is 11.3 Å². The second kappa shape index (κ2) is 6.42. The molecule has 1 aromatic heterocycles. The van der Waals surface area contributed by atoms with E-state index in [1.54, 1.807) is 0 Å². The molecule has 1 heterocycles. The number of para-hydroxylation sites is 2. The normalized spacial score (nSPS) is 11.4. The highest BCUT2D eigenvalue weighted by atomic mass is 32.1. The molecule has 0 unspecified atom stereocenters. The molecule has 2 aromatic carbocycles. The lowest BCUT2D eigenvalue weighted by molar-refractivity contribution is 0.339. The number of benzene rings is 2. The van der Waals surface area contributed by atoms with Gasteiger partial charge in [-0.05, 0) is 31.2 Å². The molecule has 0 saturated carbocycles. The Morgan fingerprint density at radius 1 is 1.23 bits per heavy atom. The van der Waals surface area contributed by atoms with E-state index in [-0.39, 0.29) is 0 Å². The van der Waals surface area contributed by atoms with Gasteiger partial charge in [-0.1, -0.05) is 30.3 Å². The number of hydrogen-bond acceptors (Lipinski definition) is 4. The molecule has 0 radical (unpaired) electrons. The minimum Gasteiger partial charge on any atom is -0.493 e. The summed E-state index contributed by atoms with van der Waals surface area (Å²) in [6, 6.07) is 17.8. The molecule has 3 nitrogen and oxygen atoms in total. The van der Waals surface area contributed by atoms with Crippen LogP contribution in [0.3, 0.4) is 0 Å². The van der Waals surface area contributed by atoms with Crippen molar-refractivity contribution in [1.82, 2.24) is 4.98 Å². The molecule has 0 aliphatic carbocycles. The number of aromatic nitrogens is 1. The quantitative estimate of drug-likeness (QED) is 0.653. The van der Waals surface area contributed by atoms with E-state index in [1.165, 1.54) is 11.3 Å². The molecular formula is C18H14N2OS. The molecule has 3 rings (SSSR count). The fourth-order valence-electron chi connectivity index (χ4n) is 2.17. The highest BCUT2D eigenvalue weighted by molar-refractivity contribution is 7.19. The number of hydrogen-bond donors (Lipinski definition) is 0. The summed E-state index contributed by atoms with van der Waals surface area (Å²) in [6.07, 6.45) is 1.84. The van der Waals surface area contributed by atoms with Gasteiger partial charge in [0.25, 0.3) is 0 Å². The maximum atomic E-state index is 9.49. The molecule has 4 heteroatoms. The van der Waals surface area contributed by atoms with Gasteiger partial charge in [-0.2, -0.15) is 5.26 Å². The smallest absolute Gasteiger partial charge is 0.135 e. The summed E-state index contributed by atoms with van der Waals surface area (Å²) < 4.78 is 6.69. The van der Waals surface area contributed by atoms with E-state index >= 15 is 0 Å². The minimum absolute atomic E-state index is 0.549. The Balaban J connectivity index is 2.06. The topological polar surface area (TPSA) is 45.9 Å². The fraction of sp³-hybridized carbons (Fsp3) is 0.111. The Labute approximate surface area is 133 Å². The predicted octanol–water partition coefficient (Wildman–Crippen LogP) is 4.76. The Bertz CT molecular complexity index is 841. The molecule has 0 fully saturated rings. The molecule has 0 amide bonds. The van der Waals surface area contributed by atoms with E-state index in [1.807, 2.05) is 61.5 Å². The van der Waals surface area contributed by atoms with Gasteiger partial charge >= 0.3 is 0 Å².